The van der Waals surface area contributed by atoms with Crippen molar-refractivity contribution in [3.8, 4) is 5.75 Å². The van der Waals surface area contributed by atoms with Gasteiger partial charge in [-0.25, -0.2) is 4.39 Å². The summed E-state index contributed by atoms with van der Waals surface area (Å²) in [4.78, 5) is 0. The first-order valence-corrected chi connectivity index (χ1v) is 6.45. The van der Waals surface area contributed by atoms with Crippen molar-refractivity contribution in [3.05, 3.63) is 57.8 Å². The Morgan fingerprint density at radius 2 is 1.85 bits per heavy atom. The number of ether oxygens (including phenoxy) is 1. The fourth-order valence-corrected chi connectivity index (χ4v) is 2.02. The lowest BCUT2D eigenvalue weighted by molar-refractivity contribution is 0.305. The number of halogens is 3. The molecule has 7 heteroatoms. The lowest BCUT2D eigenvalue weighted by atomic mass is 9.79. The molecule has 0 aliphatic heterocycles. The summed E-state index contributed by atoms with van der Waals surface area (Å²) >= 11 is 11.8. The Labute approximate surface area is 125 Å². The Bertz CT molecular complexity index is 623. The Hall–Kier alpha value is -1.27. The van der Waals surface area contributed by atoms with Gasteiger partial charge in [0.25, 0.3) is 0 Å². The average molecular weight is 315 g/mol. The zero-order valence-corrected chi connectivity index (χ0v) is 11.7. The Morgan fingerprint density at radius 3 is 2.55 bits per heavy atom. The van der Waals surface area contributed by atoms with Crippen LogP contribution < -0.4 is 10.2 Å². The predicted molar refractivity (Wildman–Crippen MR) is 77.0 cm³/mol. The van der Waals surface area contributed by atoms with Gasteiger partial charge < -0.3 is 14.8 Å². The monoisotopic (exact) mass is 314 g/mol. The minimum absolute atomic E-state index is 0.0303. The number of benzene rings is 2. The SMILES string of the molecule is OB(O)c1ccc(F)cc1OCc1cc(Cl)ccc1Cl. The summed E-state index contributed by atoms with van der Waals surface area (Å²) in [5.74, 6) is -0.502. The molecule has 0 saturated heterocycles. The average Bonchev–Trinajstić information content (AvgIpc) is 2.39. The van der Waals surface area contributed by atoms with Crippen LogP contribution >= 0.6 is 23.2 Å². The van der Waals surface area contributed by atoms with E-state index in [0.717, 1.165) is 12.1 Å². The van der Waals surface area contributed by atoms with Crippen LogP contribution in [-0.4, -0.2) is 17.2 Å². The molecular formula is C13H10BCl2FO3. The molecule has 104 valence electrons. The maximum Gasteiger partial charge on any atom is 0.492 e. The number of hydrogen-bond acceptors (Lipinski definition) is 3. The van der Waals surface area contributed by atoms with Gasteiger partial charge in [-0.05, 0) is 24.3 Å². The summed E-state index contributed by atoms with van der Waals surface area (Å²) in [6.45, 7) is 0.0303. The van der Waals surface area contributed by atoms with Gasteiger partial charge in [0.05, 0.1) is 0 Å². The van der Waals surface area contributed by atoms with Gasteiger partial charge in [-0.15, -0.1) is 0 Å². The smallest absolute Gasteiger partial charge is 0.489 e. The summed E-state index contributed by atoms with van der Waals surface area (Å²) in [7, 11) is -1.75. The van der Waals surface area contributed by atoms with E-state index in [1.165, 1.54) is 6.07 Å². The molecule has 2 aromatic carbocycles. The van der Waals surface area contributed by atoms with Gasteiger partial charge in [0.1, 0.15) is 18.2 Å². The number of rotatable bonds is 4. The fourth-order valence-electron chi connectivity index (χ4n) is 1.66. The normalized spacial score (nSPS) is 10.4. The van der Waals surface area contributed by atoms with E-state index in [0.29, 0.717) is 15.6 Å². The highest BCUT2D eigenvalue weighted by atomic mass is 35.5. The molecular weight excluding hydrogens is 305 g/mol. The molecule has 0 spiro atoms. The van der Waals surface area contributed by atoms with Crippen molar-refractivity contribution in [1.82, 2.24) is 0 Å². The van der Waals surface area contributed by atoms with Crippen molar-refractivity contribution in [2.75, 3.05) is 0 Å². The van der Waals surface area contributed by atoms with Crippen molar-refractivity contribution < 1.29 is 19.2 Å². The lowest BCUT2D eigenvalue weighted by Gasteiger charge is -2.12. The highest BCUT2D eigenvalue weighted by molar-refractivity contribution is 6.59. The number of hydrogen-bond donors (Lipinski definition) is 2. The molecule has 0 aliphatic carbocycles. The maximum atomic E-state index is 13.2. The first-order valence-electron chi connectivity index (χ1n) is 5.69. The van der Waals surface area contributed by atoms with Crippen LogP contribution in [0.2, 0.25) is 10.0 Å². The quantitative estimate of drug-likeness (QED) is 0.852. The van der Waals surface area contributed by atoms with E-state index >= 15 is 0 Å². The van der Waals surface area contributed by atoms with Crippen molar-refractivity contribution in [2.45, 2.75) is 6.61 Å². The van der Waals surface area contributed by atoms with Crippen molar-refractivity contribution >= 4 is 35.8 Å². The highest BCUT2D eigenvalue weighted by Crippen LogP contribution is 2.22. The molecule has 2 aromatic rings. The van der Waals surface area contributed by atoms with Gasteiger partial charge >= 0.3 is 7.12 Å². The molecule has 0 amide bonds. The second kappa shape index (κ2) is 6.46. The Kier molecular flexibility index (Phi) is 4.88. The van der Waals surface area contributed by atoms with Crippen LogP contribution in [0.4, 0.5) is 4.39 Å². The summed E-state index contributed by atoms with van der Waals surface area (Å²) in [5, 5.41) is 19.3. The molecule has 0 bridgehead atoms. The van der Waals surface area contributed by atoms with E-state index in [4.69, 9.17) is 27.9 Å². The topological polar surface area (TPSA) is 49.7 Å². The Morgan fingerprint density at radius 1 is 1.10 bits per heavy atom. The molecule has 0 atom stereocenters. The van der Waals surface area contributed by atoms with Gasteiger partial charge in [0, 0.05) is 27.1 Å². The zero-order valence-electron chi connectivity index (χ0n) is 10.2. The van der Waals surface area contributed by atoms with Gasteiger partial charge in [0.2, 0.25) is 0 Å². The van der Waals surface area contributed by atoms with E-state index < -0.39 is 12.9 Å². The predicted octanol–water partition coefficient (Wildman–Crippen LogP) is 2.39. The third-order valence-electron chi connectivity index (χ3n) is 2.64. The van der Waals surface area contributed by atoms with Gasteiger partial charge in [-0.1, -0.05) is 29.3 Å². The van der Waals surface area contributed by atoms with E-state index in [1.807, 2.05) is 0 Å². The van der Waals surface area contributed by atoms with Gasteiger partial charge in [0.15, 0.2) is 0 Å². The van der Waals surface area contributed by atoms with E-state index in [-0.39, 0.29) is 17.8 Å². The lowest BCUT2D eigenvalue weighted by Crippen LogP contribution is -2.31. The van der Waals surface area contributed by atoms with Crippen LogP contribution in [-0.2, 0) is 6.61 Å². The van der Waals surface area contributed by atoms with Crippen molar-refractivity contribution in [2.24, 2.45) is 0 Å². The summed E-state index contributed by atoms with van der Waals surface area (Å²) in [6.07, 6.45) is 0. The first kappa shape index (κ1) is 15.1. The second-order valence-electron chi connectivity index (χ2n) is 4.08. The van der Waals surface area contributed by atoms with Crippen LogP contribution in [0.15, 0.2) is 36.4 Å². The summed E-state index contributed by atoms with van der Waals surface area (Å²) in [6, 6.07) is 8.32. The minimum atomic E-state index is -1.75. The largest absolute Gasteiger partial charge is 0.492 e. The van der Waals surface area contributed by atoms with Gasteiger partial charge in [-0.3, -0.25) is 0 Å². The third kappa shape index (κ3) is 3.64. The van der Waals surface area contributed by atoms with E-state index in [9.17, 15) is 14.4 Å². The third-order valence-corrected chi connectivity index (χ3v) is 3.25. The molecule has 2 N–H and O–H groups in total. The standard InChI is InChI=1S/C13H10BCl2FO3/c15-9-1-4-12(16)8(5-9)7-20-13-6-10(17)2-3-11(13)14(18)19/h1-6,18-19H,7H2. The molecule has 0 saturated carbocycles. The van der Waals surface area contributed by atoms with Crippen LogP contribution in [0, 0.1) is 5.82 Å². The van der Waals surface area contributed by atoms with Crippen molar-refractivity contribution in [3.63, 3.8) is 0 Å². The van der Waals surface area contributed by atoms with Crippen LogP contribution in [0.25, 0.3) is 0 Å². The van der Waals surface area contributed by atoms with E-state index in [1.54, 1.807) is 18.2 Å². The van der Waals surface area contributed by atoms with Crippen LogP contribution in [0.3, 0.4) is 0 Å². The molecule has 0 aliphatic rings. The molecule has 20 heavy (non-hydrogen) atoms. The second-order valence-corrected chi connectivity index (χ2v) is 4.92. The molecule has 0 radical (unpaired) electrons. The summed E-state index contributed by atoms with van der Waals surface area (Å²) < 4.78 is 18.6. The molecule has 0 heterocycles. The first-order chi connectivity index (χ1) is 9.47. The molecule has 0 aromatic heterocycles. The van der Waals surface area contributed by atoms with Crippen molar-refractivity contribution in [1.29, 1.82) is 0 Å². The maximum absolute atomic E-state index is 13.2. The van der Waals surface area contributed by atoms with E-state index in [2.05, 4.69) is 0 Å². The van der Waals surface area contributed by atoms with Crippen LogP contribution in [0.5, 0.6) is 5.75 Å². The fraction of sp³-hybridized carbons (Fsp3) is 0.0769. The van der Waals surface area contributed by atoms with Gasteiger partial charge in [-0.2, -0.15) is 0 Å². The van der Waals surface area contributed by atoms with Crippen LogP contribution in [0.1, 0.15) is 5.56 Å². The highest BCUT2D eigenvalue weighted by Gasteiger charge is 2.18. The Balaban J connectivity index is 2.22. The molecule has 3 nitrogen and oxygen atoms in total. The molecule has 0 fully saturated rings. The zero-order chi connectivity index (χ0) is 14.7. The molecule has 0 unspecified atom stereocenters. The minimum Gasteiger partial charge on any atom is -0.489 e. The summed E-state index contributed by atoms with van der Waals surface area (Å²) in [5.41, 5.74) is 0.686. The molecule has 2 rings (SSSR count).